The van der Waals surface area contributed by atoms with E-state index in [1.165, 1.54) is 6.42 Å². The molecular weight excluding hydrogens is 224 g/mol. The molecule has 18 heavy (non-hydrogen) atoms. The number of Topliss-reactive ketones (excluding diaryl/α,β-unsaturated/α-hetero) is 1. The van der Waals surface area contributed by atoms with Crippen LogP contribution >= 0.6 is 0 Å². The third kappa shape index (κ3) is 3.34. The standard InChI is InChI=1S/C16H22O2/c1-11-7-12(2)9-16(8-11)18-15-6-4-5-14(10-15)13(3)17/h4-6,10-12,16H,7-9H2,1-3H3. The lowest BCUT2D eigenvalue weighted by Gasteiger charge is -2.31. The summed E-state index contributed by atoms with van der Waals surface area (Å²) < 4.78 is 6.03. The van der Waals surface area contributed by atoms with Gasteiger partial charge in [-0.1, -0.05) is 26.0 Å². The largest absolute Gasteiger partial charge is 0.490 e. The fourth-order valence-electron chi connectivity index (χ4n) is 2.95. The second-order valence-corrected chi connectivity index (χ2v) is 5.74. The Bertz CT molecular complexity index is 415. The van der Waals surface area contributed by atoms with E-state index in [4.69, 9.17) is 4.74 Å². The van der Waals surface area contributed by atoms with Crippen LogP contribution in [0.4, 0.5) is 0 Å². The van der Waals surface area contributed by atoms with Crippen LogP contribution in [0.5, 0.6) is 5.75 Å². The van der Waals surface area contributed by atoms with Crippen molar-refractivity contribution in [3.63, 3.8) is 0 Å². The molecule has 2 unspecified atom stereocenters. The number of rotatable bonds is 3. The minimum absolute atomic E-state index is 0.0887. The van der Waals surface area contributed by atoms with Crippen molar-refractivity contribution in [1.29, 1.82) is 0 Å². The summed E-state index contributed by atoms with van der Waals surface area (Å²) in [5.74, 6) is 2.38. The van der Waals surface area contributed by atoms with Gasteiger partial charge in [0.2, 0.25) is 0 Å². The highest BCUT2D eigenvalue weighted by Gasteiger charge is 2.25. The van der Waals surface area contributed by atoms with E-state index in [1.807, 2.05) is 24.3 Å². The molecule has 0 radical (unpaired) electrons. The summed E-state index contributed by atoms with van der Waals surface area (Å²) in [7, 11) is 0. The fraction of sp³-hybridized carbons (Fsp3) is 0.562. The molecule has 2 nitrogen and oxygen atoms in total. The first-order valence-electron chi connectivity index (χ1n) is 6.82. The molecule has 1 aromatic rings. The smallest absolute Gasteiger partial charge is 0.159 e. The third-order valence-corrected chi connectivity index (χ3v) is 3.68. The number of carbonyl (C=O) groups is 1. The number of hydrogen-bond donors (Lipinski definition) is 0. The molecule has 2 atom stereocenters. The highest BCUT2D eigenvalue weighted by Crippen LogP contribution is 2.31. The molecule has 0 aromatic heterocycles. The highest BCUT2D eigenvalue weighted by atomic mass is 16.5. The molecule has 0 spiro atoms. The van der Waals surface area contributed by atoms with Gasteiger partial charge >= 0.3 is 0 Å². The number of ether oxygens (including phenoxy) is 1. The molecule has 1 saturated carbocycles. The molecule has 0 N–H and O–H groups in total. The summed E-state index contributed by atoms with van der Waals surface area (Å²) in [6.07, 6.45) is 3.84. The average molecular weight is 246 g/mol. The van der Waals surface area contributed by atoms with Crippen LogP contribution in [0.15, 0.2) is 24.3 Å². The van der Waals surface area contributed by atoms with Gasteiger partial charge in [0.25, 0.3) is 0 Å². The van der Waals surface area contributed by atoms with Gasteiger partial charge < -0.3 is 4.74 Å². The maximum absolute atomic E-state index is 11.3. The Kier molecular flexibility index (Phi) is 4.05. The molecule has 0 saturated heterocycles. The van der Waals surface area contributed by atoms with Crippen LogP contribution in [0, 0.1) is 11.8 Å². The molecular formula is C16H22O2. The van der Waals surface area contributed by atoms with Crippen LogP contribution in [0.25, 0.3) is 0 Å². The van der Waals surface area contributed by atoms with Gasteiger partial charge in [0.15, 0.2) is 5.78 Å². The predicted molar refractivity (Wildman–Crippen MR) is 73.0 cm³/mol. The van der Waals surface area contributed by atoms with E-state index in [1.54, 1.807) is 6.92 Å². The predicted octanol–water partition coefficient (Wildman–Crippen LogP) is 4.09. The Hall–Kier alpha value is -1.31. The second kappa shape index (κ2) is 5.55. The quantitative estimate of drug-likeness (QED) is 0.751. The first kappa shape index (κ1) is 13.1. The van der Waals surface area contributed by atoms with Gasteiger partial charge in [-0.25, -0.2) is 0 Å². The first-order chi connectivity index (χ1) is 8.54. The van der Waals surface area contributed by atoms with Crippen molar-refractivity contribution in [1.82, 2.24) is 0 Å². The minimum atomic E-state index is 0.0887. The molecule has 0 aliphatic heterocycles. The number of benzene rings is 1. The molecule has 1 fully saturated rings. The first-order valence-corrected chi connectivity index (χ1v) is 6.82. The summed E-state index contributed by atoms with van der Waals surface area (Å²) >= 11 is 0. The van der Waals surface area contributed by atoms with Crippen LogP contribution in [-0.4, -0.2) is 11.9 Å². The number of hydrogen-bond acceptors (Lipinski definition) is 2. The molecule has 98 valence electrons. The maximum Gasteiger partial charge on any atom is 0.159 e. The van der Waals surface area contributed by atoms with E-state index in [2.05, 4.69) is 13.8 Å². The Morgan fingerprint density at radius 1 is 1.17 bits per heavy atom. The minimum Gasteiger partial charge on any atom is -0.490 e. The molecule has 0 heterocycles. The summed E-state index contributed by atoms with van der Waals surface area (Å²) in [6.45, 7) is 6.17. The van der Waals surface area contributed by atoms with Crippen molar-refractivity contribution in [3.8, 4) is 5.75 Å². The van der Waals surface area contributed by atoms with E-state index >= 15 is 0 Å². The van der Waals surface area contributed by atoms with E-state index in [9.17, 15) is 4.79 Å². The Morgan fingerprint density at radius 3 is 2.44 bits per heavy atom. The van der Waals surface area contributed by atoms with Crippen molar-refractivity contribution in [2.24, 2.45) is 11.8 Å². The van der Waals surface area contributed by atoms with E-state index in [-0.39, 0.29) is 5.78 Å². The topological polar surface area (TPSA) is 26.3 Å². The Balaban J connectivity index is 2.04. The summed E-state index contributed by atoms with van der Waals surface area (Å²) in [5, 5.41) is 0. The third-order valence-electron chi connectivity index (χ3n) is 3.68. The number of ketones is 1. The van der Waals surface area contributed by atoms with Crippen LogP contribution in [-0.2, 0) is 0 Å². The van der Waals surface area contributed by atoms with E-state index in [0.717, 1.165) is 36.0 Å². The summed E-state index contributed by atoms with van der Waals surface area (Å²) in [5.41, 5.74) is 0.726. The fourth-order valence-corrected chi connectivity index (χ4v) is 2.95. The molecule has 1 aromatic carbocycles. The monoisotopic (exact) mass is 246 g/mol. The lowest BCUT2D eigenvalue weighted by atomic mass is 9.82. The molecule has 0 bridgehead atoms. The zero-order valence-electron chi connectivity index (χ0n) is 11.5. The van der Waals surface area contributed by atoms with E-state index < -0.39 is 0 Å². The van der Waals surface area contributed by atoms with Gasteiger partial charge in [0.1, 0.15) is 5.75 Å². The normalized spacial score (nSPS) is 27.8. The van der Waals surface area contributed by atoms with Gasteiger partial charge in [-0.15, -0.1) is 0 Å². The van der Waals surface area contributed by atoms with Crippen molar-refractivity contribution < 1.29 is 9.53 Å². The average Bonchev–Trinajstić information content (AvgIpc) is 2.27. The second-order valence-electron chi connectivity index (χ2n) is 5.74. The maximum atomic E-state index is 11.3. The molecule has 1 aliphatic rings. The van der Waals surface area contributed by atoms with Crippen LogP contribution in [0.3, 0.4) is 0 Å². The zero-order valence-corrected chi connectivity index (χ0v) is 11.5. The van der Waals surface area contributed by atoms with Gasteiger partial charge in [0.05, 0.1) is 6.10 Å². The van der Waals surface area contributed by atoms with Gasteiger partial charge in [-0.2, -0.15) is 0 Å². The summed E-state index contributed by atoms with van der Waals surface area (Å²) in [4.78, 5) is 11.3. The van der Waals surface area contributed by atoms with Gasteiger partial charge in [0, 0.05) is 5.56 Å². The van der Waals surface area contributed by atoms with Crippen molar-refractivity contribution in [3.05, 3.63) is 29.8 Å². The SMILES string of the molecule is CC(=O)c1cccc(OC2CC(C)CC(C)C2)c1. The van der Waals surface area contributed by atoms with Gasteiger partial charge in [-0.05, 0) is 50.2 Å². The molecule has 1 aliphatic carbocycles. The molecule has 2 rings (SSSR count). The van der Waals surface area contributed by atoms with E-state index in [0.29, 0.717) is 6.10 Å². The number of carbonyl (C=O) groups excluding carboxylic acids is 1. The Labute approximate surface area is 109 Å². The lowest BCUT2D eigenvalue weighted by Crippen LogP contribution is -2.28. The highest BCUT2D eigenvalue weighted by molar-refractivity contribution is 5.94. The van der Waals surface area contributed by atoms with Crippen LogP contribution in [0.2, 0.25) is 0 Å². The van der Waals surface area contributed by atoms with Crippen molar-refractivity contribution in [2.75, 3.05) is 0 Å². The van der Waals surface area contributed by atoms with Crippen molar-refractivity contribution in [2.45, 2.75) is 46.1 Å². The van der Waals surface area contributed by atoms with Crippen LogP contribution < -0.4 is 4.74 Å². The molecule has 0 amide bonds. The van der Waals surface area contributed by atoms with Crippen molar-refractivity contribution >= 4 is 5.78 Å². The van der Waals surface area contributed by atoms with Gasteiger partial charge in [-0.3, -0.25) is 4.79 Å². The lowest BCUT2D eigenvalue weighted by molar-refractivity contribution is 0.0985. The Morgan fingerprint density at radius 2 is 1.83 bits per heavy atom. The summed E-state index contributed by atoms with van der Waals surface area (Å²) in [6, 6.07) is 7.52. The van der Waals surface area contributed by atoms with Crippen LogP contribution in [0.1, 0.15) is 50.4 Å². The molecule has 2 heteroatoms. The zero-order chi connectivity index (χ0) is 13.1.